The highest BCUT2D eigenvalue weighted by molar-refractivity contribution is 5.95. The zero-order valence-electron chi connectivity index (χ0n) is 19.3. The second-order valence-electron chi connectivity index (χ2n) is 9.33. The second kappa shape index (κ2) is 8.32. The van der Waals surface area contributed by atoms with Crippen LogP contribution in [-0.2, 0) is 0 Å². The molecule has 6 heteroatoms. The van der Waals surface area contributed by atoms with Crippen molar-refractivity contribution in [3.05, 3.63) is 52.6 Å². The van der Waals surface area contributed by atoms with Crippen molar-refractivity contribution in [3.8, 4) is 17.2 Å². The summed E-state index contributed by atoms with van der Waals surface area (Å²) in [6.07, 6.45) is 4.37. The number of carbonyl (C=O) groups excluding carboxylic acids is 1. The molecule has 2 fully saturated rings. The Labute approximate surface area is 189 Å². The highest BCUT2D eigenvalue weighted by atomic mass is 16.7. The fourth-order valence-corrected chi connectivity index (χ4v) is 5.92. The molecule has 3 unspecified atom stereocenters. The van der Waals surface area contributed by atoms with Crippen molar-refractivity contribution in [3.63, 3.8) is 0 Å². The number of rotatable bonds is 5. The summed E-state index contributed by atoms with van der Waals surface area (Å²) in [5.41, 5.74) is 4.54. The summed E-state index contributed by atoms with van der Waals surface area (Å²) in [5, 5.41) is 3.28. The van der Waals surface area contributed by atoms with E-state index in [1.165, 1.54) is 29.5 Å². The molecule has 3 heterocycles. The van der Waals surface area contributed by atoms with Crippen LogP contribution >= 0.6 is 0 Å². The second-order valence-corrected chi connectivity index (χ2v) is 9.33. The first kappa shape index (κ1) is 21.1. The van der Waals surface area contributed by atoms with Gasteiger partial charge in [0.1, 0.15) is 5.75 Å². The van der Waals surface area contributed by atoms with Gasteiger partial charge in [-0.1, -0.05) is 6.07 Å². The fourth-order valence-electron chi connectivity index (χ4n) is 5.92. The van der Waals surface area contributed by atoms with Gasteiger partial charge in [-0.2, -0.15) is 0 Å². The maximum atomic E-state index is 12.9. The average Bonchev–Trinajstić information content (AvgIpc) is 3.36. The standard InChI is InChI=1S/C26H32N2O4/c1-15-16(2)23(30-4)10-8-22(15)17(3)28-20-6-7-21(28)13-19(12-20)27-26(29)18-5-9-24-25(11-18)32-14-31-24/h5,8-11,17,19-21H,6-7,12-14H2,1-4H3,(H,27,29). The van der Waals surface area contributed by atoms with Gasteiger partial charge >= 0.3 is 0 Å². The van der Waals surface area contributed by atoms with Gasteiger partial charge in [-0.3, -0.25) is 9.69 Å². The van der Waals surface area contributed by atoms with Gasteiger partial charge in [-0.15, -0.1) is 0 Å². The van der Waals surface area contributed by atoms with E-state index in [2.05, 4.69) is 43.1 Å². The summed E-state index contributed by atoms with van der Waals surface area (Å²) in [6, 6.07) is 11.2. The van der Waals surface area contributed by atoms with Crippen LogP contribution in [-0.4, -0.2) is 42.8 Å². The quantitative estimate of drug-likeness (QED) is 0.746. The largest absolute Gasteiger partial charge is 0.496 e. The van der Waals surface area contributed by atoms with Crippen LogP contribution in [0, 0.1) is 13.8 Å². The van der Waals surface area contributed by atoms with Gasteiger partial charge in [0.25, 0.3) is 5.91 Å². The Morgan fingerprint density at radius 3 is 2.50 bits per heavy atom. The van der Waals surface area contributed by atoms with Crippen molar-refractivity contribution in [2.45, 2.75) is 70.6 Å². The van der Waals surface area contributed by atoms with E-state index in [1.54, 1.807) is 13.2 Å². The van der Waals surface area contributed by atoms with E-state index in [1.807, 2.05) is 12.1 Å². The van der Waals surface area contributed by atoms with Gasteiger partial charge in [-0.25, -0.2) is 0 Å². The Bertz CT molecular complexity index is 1020. The summed E-state index contributed by atoms with van der Waals surface area (Å²) in [6.45, 7) is 6.87. The van der Waals surface area contributed by atoms with E-state index in [-0.39, 0.29) is 18.7 Å². The lowest BCUT2D eigenvalue weighted by Crippen LogP contribution is -2.51. The zero-order valence-corrected chi connectivity index (χ0v) is 19.3. The number of methoxy groups -OCH3 is 1. The summed E-state index contributed by atoms with van der Waals surface area (Å²) in [4.78, 5) is 15.6. The molecule has 0 radical (unpaired) electrons. The first-order chi connectivity index (χ1) is 15.5. The van der Waals surface area contributed by atoms with E-state index in [0.717, 1.165) is 18.6 Å². The molecule has 0 aromatic heterocycles. The maximum absolute atomic E-state index is 12.9. The van der Waals surface area contributed by atoms with E-state index >= 15 is 0 Å². The first-order valence-corrected chi connectivity index (χ1v) is 11.6. The predicted molar refractivity (Wildman–Crippen MR) is 123 cm³/mol. The molecule has 2 saturated heterocycles. The summed E-state index contributed by atoms with van der Waals surface area (Å²) >= 11 is 0. The number of piperidine rings is 1. The normalized spacial score (nSPS) is 24.9. The third-order valence-electron chi connectivity index (χ3n) is 7.66. The Balaban J connectivity index is 1.28. The molecule has 170 valence electrons. The summed E-state index contributed by atoms with van der Waals surface area (Å²) < 4.78 is 16.3. The minimum absolute atomic E-state index is 0.0316. The van der Waals surface area contributed by atoms with Crippen LogP contribution in [0.25, 0.3) is 0 Å². The Hall–Kier alpha value is -2.73. The SMILES string of the molecule is COc1ccc(C(C)N2C3CCC2CC(NC(=O)c2ccc4c(c2)OCO4)C3)c(C)c1C. The van der Waals surface area contributed by atoms with Crippen LogP contribution < -0.4 is 19.5 Å². The van der Waals surface area contributed by atoms with Crippen molar-refractivity contribution < 1.29 is 19.0 Å². The lowest BCUT2D eigenvalue weighted by molar-refractivity contribution is 0.0689. The summed E-state index contributed by atoms with van der Waals surface area (Å²) in [7, 11) is 1.73. The molecular weight excluding hydrogens is 404 g/mol. The third-order valence-corrected chi connectivity index (χ3v) is 7.66. The Morgan fingerprint density at radius 2 is 1.78 bits per heavy atom. The van der Waals surface area contributed by atoms with Crippen molar-refractivity contribution >= 4 is 5.91 Å². The van der Waals surface area contributed by atoms with Gasteiger partial charge < -0.3 is 19.5 Å². The van der Waals surface area contributed by atoms with Gasteiger partial charge in [0.15, 0.2) is 11.5 Å². The zero-order chi connectivity index (χ0) is 22.4. The monoisotopic (exact) mass is 436 g/mol. The van der Waals surface area contributed by atoms with Crippen LogP contribution in [0.1, 0.15) is 65.7 Å². The number of fused-ring (bicyclic) bond motifs is 3. The van der Waals surface area contributed by atoms with Gasteiger partial charge in [-0.05, 0) is 87.4 Å². The number of hydrogen-bond acceptors (Lipinski definition) is 5. The number of ether oxygens (including phenoxy) is 3. The molecule has 0 spiro atoms. The van der Waals surface area contributed by atoms with E-state index < -0.39 is 0 Å². The van der Waals surface area contributed by atoms with Gasteiger partial charge in [0, 0.05) is 29.7 Å². The number of nitrogens with one attached hydrogen (secondary N) is 1. The highest BCUT2D eigenvalue weighted by Crippen LogP contribution is 2.43. The average molecular weight is 437 g/mol. The van der Waals surface area contributed by atoms with Crippen LogP contribution in [0.15, 0.2) is 30.3 Å². The molecule has 2 bridgehead atoms. The fraction of sp³-hybridized carbons (Fsp3) is 0.500. The maximum Gasteiger partial charge on any atom is 0.251 e. The molecule has 2 aromatic rings. The lowest BCUT2D eigenvalue weighted by atomic mass is 9.91. The minimum Gasteiger partial charge on any atom is -0.496 e. The molecule has 1 amide bonds. The van der Waals surface area contributed by atoms with Gasteiger partial charge in [0.05, 0.1) is 7.11 Å². The molecule has 2 aromatic carbocycles. The molecule has 3 aliphatic heterocycles. The van der Waals surface area contributed by atoms with E-state index in [9.17, 15) is 4.79 Å². The first-order valence-electron chi connectivity index (χ1n) is 11.6. The van der Waals surface area contributed by atoms with Gasteiger partial charge in [0.2, 0.25) is 6.79 Å². The molecular formula is C26H32N2O4. The third kappa shape index (κ3) is 3.60. The van der Waals surface area contributed by atoms with Crippen molar-refractivity contribution in [1.82, 2.24) is 10.2 Å². The predicted octanol–water partition coefficient (Wildman–Crippen LogP) is 4.53. The van der Waals surface area contributed by atoms with Crippen LogP contribution in [0.5, 0.6) is 17.2 Å². The molecule has 3 atom stereocenters. The number of nitrogens with zero attached hydrogens (tertiary/aromatic N) is 1. The molecule has 32 heavy (non-hydrogen) atoms. The molecule has 1 N–H and O–H groups in total. The smallest absolute Gasteiger partial charge is 0.251 e. The molecule has 5 rings (SSSR count). The molecule has 0 saturated carbocycles. The van der Waals surface area contributed by atoms with Crippen LogP contribution in [0.4, 0.5) is 0 Å². The van der Waals surface area contributed by atoms with Crippen LogP contribution in [0.2, 0.25) is 0 Å². The Morgan fingerprint density at radius 1 is 1.06 bits per heavy atom. The van der Waals surface area contributed by atoms with Crippen molar-refractivity contribution in [1.29, 1.82) is 0 Å². The number of carbonyl (C=O) groups is 1. The molecule has 3 aliphatic rings. The highest BCUT2D eigenvalue weighted by Gasteiger charge is 2.43. The Kier molecular flexibility index (Phi) is 5.49. The molecule has 6 nitrogen and oxygen atoms in total. The lowest BCUT2D eigenvalue weighted by Gasteiger charge is -2.43. The topological polar surface area (TPSA) is 60.0 Å². The number of amides is 1. The number of benzene rings is 2. The van der Waals surface area contributed by atoms with Crippen molar-refractivity contribution in [2.24, 2.45) is 0 Å². The van der Waals surface area contributed by atoms with Crippen LogP contribution in [0.3, 0.4) is 0 Å². The number of hydrogen-bond donors (Lipinski definition) is 1. The minimum atomic E-state index is -0.0316. The summed E-state index contributed by atoms with van der Waals surface area (Å²) in [5.74, 6) is 2.26. The van der Waals surface area contributed by atoms with E-state index in [0.29, 0.717) is 35.2 Å². The van der Waals surface area contributed by atoms with Crippen molar-refractivity contribution in [2.75, 3.05) is 13.9 Å². The molecule has 0 aliphatic carbocycles. The van der Waals surface area contributed by atoms with E-state index in [4.69, 9.17) is 14.2 Å².